The quantitative estimate of drug-likeness (QED) is 0.839. The molecule has 1 fully saturated rings. The van der Waals surface area contributed by atoms with E-state index in [1.165, 1.54) is 0 Å². The number of carbonyl (C=O) groups excluding carboxylic acids is 2. The van der Waals surface area contributed by atoms with Gasteiger partial charge in [0.25, 0.3) is 0 Å². The van der Waals surface area contributed by atoms with Crippen LogP contribution in [0.25, 0.3) is 0 Å². The highest BCUT2D eigenvalue weighted by Crippen LogP contribution is 2.18. The molecule has 0 aliphatic carbocycles. The molecule has 0 bridgehead atoms. The molecule has 1 aliphatic rings. The van der Waals surface area contributed by atoms with Crippen LogP contribution in [0.3, 0.4) is 0 Å². The Morgan fingerprint density at radius 2 is 2.23 bits per heavy atom. The van der Waals surface area contributed by atoms with Crippen molar-refractivity contribution >= 4 is 11.8 Å². The Hall–Kier alpha value is -1.91. The van der Waals surface area contributed by atoms with Gasteiger partial charge in [-0.1, -0.05) is 12.5 Å². The van der Waals surface area contributed by atoms with Gasteiger partial charge in [0.2, 0.25) is 11.8 Å². The lowest BCUT2D eigenvalue weighted by molar-refractivity contribution is -0.134. The van der Waals surface area contributed by atoms with Crippen LogP contribution >= 0.6 is 0 Å². The molecule has 22 heavy (non-hydrogen) atoms. The van der Waals surface area contributed by atoms with Gasteiger partial charge >= 0.3 is 0 Å². The summed E-state index contributed by atoms with van der Waals surface area (Å²) in [6.07, 6.45) is 7.63. The van der Waals surface area contributed by atoms with Crippen LogP contribution in [0.2, 0.25) is 0 Å². The Bertz CT molecular complexity index is 504. The molecule has 1 aromatic rings. The molecule has 5 nitrogen and oxygen atoms in total. The second kappa shape index (κ2) is 7.92. The van der Waals surface area contributed by atoms with Crippen LogP contribution in [0.1, 0.15) is 50.6 Å². The Kier molecular flexibility index (Phi) is 5.92. The summed E-state index contributed by atoms with van der Waals surface area (Å²) < 4.78 is 0. The highest BCUT2D eigenvalue weighted by Gasteiger charge is 2.21. The molecule has 0 radical (unpaired) electrons. The first-order chi connectivity index (χ1) is 10.6. The molecule has 5 heteroatoms. The van der Waals surface area contributed by atoms with Crippen molar-refractivity contribution < 1.29 is 9.59 Å². The molecule has 2 amide bonds. The van der Waals surface area contributed by atoms with Crippen molar-refractivity contribution in [3.63, 3.8) is 0 Å². The molecule has 1 aromatic heterocycles. The average Bonchev–Trinajstić information content (AvgIpc) is 2.76. The minimum atomic E-state index is -0.0129. The Morgan fingerprint density at radius 1 is 1.41 bits per heavy atom. The van der Waals surface area contributed by atoms with Crippen LogP contribution in [0.5, 0.6) is 0 Å². The molecule has 0 N–H and O–H groups in total. The van der Waals surface area contributed by atoms with E-state index in [0.717, 1.165) is 31.4 Å². The monoisotopic (exact) mass is 303 g/mol. The van der Waals surface area contributed by atoms with Gasteiger partial charge in [0, 0.05) is 45.4 Å². The van der Waals surface area contributed by atoms with Crippen LogP contribution in [0, 0.1) is 0 Å². The first-order valence-electron chi connectivity index (χ1n) is 8.03. The number of nitrogens with zero attached hydrogens (tertiary/aromatic N) is 3. The van der Waals surface area contributed by atoms with E-state index < -0.39 is 0 Å². The number of likely N-dealkylation sites (tertiary alicyclic amines) is 1. The number of hydrogen-bond acceptors (Lipinski definition) is 3. The highest BCUT2D eigenvalue weighted by atomic mass is 16.2. The number of carbonyl (C=O) groups is 2. The average molecular weight is 303 g/mol. The molecule has 1 atom stereocenters. The SMILES string of the molecule is CC(c1cccnc1)N(C)C(=O)CCN1CCCCCC1=O. The zero-order chi connectivity index (χ0) is 15.9. The van der Waals surface area contributed by atoms with E-state index >= 15 is 0 Å². The smallest absolute Gasteiger partial charge is 0.224 e. The fourth-order valence-corrected chi connectivity index (χ4v) is 2.74. The van der Waals surface area contributed by atoms with E-state index in [0.29, 0.717) is 19.4 Å². The summed E-state index contributed by atoms with van der Waals surface area (Å²) >= 11 is 0. The summed E-state index contributed by atoms with van der Waals surface area (Å²) in [4.78, 5) is 32.0. The minimum Gasteiger partial charge on any atom is -0.342 e. The second-order valence-electron chi connectivity index (χ2n) is 5.91. The molecule has 120 valence electrons. The summed E-state index contributed by atoms with van der Waals surface area (Å²) in [5, 5.41) is 0. The van der Waals surface area contributed by atoms with E-state index in [-0.39, 0.29) is 17.9 Å². The van der Waals surface area contributed by atoms with Crippen molar-refractivity contribution in [2.45, 2.75) is 45.1 Å². The predicted octanol–water partition coefficient (Wildman–Crippen LogP) is 2.39. The number of rotatable bonds is 5. The first-order valence-corrected chi connectivity index (χ1v) is 8.03. The van der Waals surface area contributed by atoms with Gasteiger partial charge in [0.15, 0.2) is 0 Å². The van der Waals surface area contributed by atoms with E-state index in [1.807, 2.05) is 31.0 Å². The van der Waals surface area contributed by atoms with Gasteiger partial charge in [0.1, 0.15) is 0 Å². The molecule has 0 saturated carbocycles. The van der Waals surface area contributed by atoms with Gasteiger partial charge in [-0.25, -0.2) is 0 Å². The van der Waals surface area contributed by atoms with E-state index in [4.69, 9.17) is 0 Å². The number of pyridine rings is 1. The van der Waals surface area contributed by atoms with E-state index in [9.17, 15) is 9.59 Å². The van der Waals surface area contributed by atoms with Gasteiger partial charge in [-0.05, 0) is 31.4 Å². The Balaban J connectivity index is 1.87. The van der Waals surface area contributed by atoms with E-state index in [1.54, 1.807) is 17.3 Å². The molecule has 2 rings (SSSR count). The Morgan fingerprint density at radius 3 is 2.95 bits per heavy atom. The fraction of sp³-hybridized carbons (Fsp3) is 0.588. The van der Waals surface area contributed by atoms with Crippen molar-refractivity contribution in [3.05, 3.63) is 30.1 Å². The standard InChI is InChI=1S/C17H25N3O2/c1-14(15-7-6-10-18-13-15)19(2)16(21)9-12-20-11-5-3-4-8-17(20)22/h6-7,10,13-14H,3-5,8-9,11-12H2,1-2H3. The zero-order valence-electron chi connectivity index (χ0n) is 13.5. The van der Waals surface area contributed by atoms with Crippen molar-refractivity contribution in [3.8, 4) is 0 Å². The number of amides is 2. The summed E-state index contributed by atoms with van der Waals surface area (Å²) in [7, 11) is 1.81. The summed E-state index contributed by atoms with van der Waals surface area (Å²) in [5.74, 6) is 0.252. The van der Waals surface area contributed by atoms with Crippen LogP contribution < -0.4 is 0 Å². The normalized spacial score (nSPS) is 17.0. The van der Waals surface area contributed by atoms with Crippen LogP contribution in [0.4, 0.5) is 0 Å². The summed E-state index contributed by atoms with van der Waals surface area (Å²) in [6.45, 7) is 3.31. The predicted molar refractivity (Wildman–Crippen MR) is 85.1 cm³/mol. The number of hydrogen-bond donors (Lipinski definition) is 0. The topological polar surface area (TPSA) is 53.5 Å². The molecule has 1 aliphatic heterocycles. The van der Waals surface area contributed by atoms with Gasteiger partial charge in [-0.15, -0.1) is 0 Å². The van der Waals surface area contributed by atoms with E-state index in [2.05, 4.69) is 4.98 Å². The van der Waals surface area contributed by atoms with Crippen LogP contribution in [-0.2, 0) is 9.59 Å². The van der Waals surface area contributed by atoms with Crippen molar-refractivity contribution in [2.24, 2.45) is 0 Å². The maximum Gasteiger partial charge on any atom is 0.224 e. The van der Waals surface area contributed by atoms with Crippen LogP contribution in [-0.4, -0.2) is 46.7 Å². The van der Waals surface area contributed by atoms with Gasteiger partial charge in [0.05, 0.1) is 6.04 Å². The third-order valence-electron chi connectivity index (χ3n) is 4.41. The largest absolute Gasteiger partial charge is 0.342 e. The van der Waals surface area contributed by atoms with Gasteiger partial charge in [-0.3, -0.25) is 14.6 Å². The number of aromatic nitrogens is 1. The fourth-order valence-electron chi connectivity index (χ4n) is 2.74. The third-order valence-corrected chi connectivity index (χ3v) is 4.41. The maximum absolute atomic E-state index is 12.4. The molecule has 1 unspecified atom stereocenters. The maximum atomic E-state index is 12.4. The molecule has 0 aromatic carbocycles. The Labute approximate surface area is 132 Å². The molecular weight excluding hydrogens is 278 g/mol. The lowest BCUT2D eigenvalue weighted by Crippen LogP contribution is -2.36. The zero-order valence-corrected chi connectivity index (χ0v) is 13.5. The highest BCUT2D eigenvalue weighted by molar-refractivity contribution is 5.79. The van der Waals surface area contributed by atoms with Crippen molar-refractivity contribution in [1.82, 2.24) is 14.8 Å². The van der Waals surface area contributed by atoms with Crippen LogP contribution in [0.15, 0.2) is 24.5 Å². The van der Waals surface area contributed by atoms with Gasteiger partial charge < -0.3 is 9.80 Å². The summed E-state index contributed by atoms with van der Waals surface area (Å²) in [6, 6.07) is 3.83. The molecule has 0 spiro atoms. The van der Waals surface area contributed by atoms with Crippen molar-refractivity contribution in [1.29, 1.82) is 0 Å². The first kappa shape index (κ1) is 16.5. The minimum absolute atomic E-state index is 0.0129. The lowest BCUT2D eigenvalue weighted by atomic mass is 10.1. The van der Waals surface area contributed by atoms with Gasteiger partial charge in [-0.2, -0.15) is 0 Å². The molecular formula is C17H25N3O2. The lowest BCUT2D eigenvalue weighted by Gasteiger charge is -2.27. The third kappa shape index (κ3) is 4.29. The summed E-state index contributed by atoms with van der Waals surface area (Å²) in [5.41, 5.74) is 1.02. The second-order valence-corrected chi connectivity index (χ2v) is 5.91. The molecule has 2 heterocycles. The van der Waals surface area contributed by atoms with Crippen molar-refractivity contribution in [2.75, 3.05) is 20.1 Å². The molecule has 1 saturated heterocycles.